The summed E-state index contributed by atoms with van der Waals surface area (Å²) in [7, 11) is 3.08. The molecule has 1 fully saturated rings. The van der Waals surface area contributed by atoms with Crippen molar-refractivity contribution in [3.8, 4) is 17.7 Å². The molecule has 1 atom stereocenters. The Kier molecular flexibility index (Phi) is 5.82. The standard InChI is InChI=1S/C25H23FN6O3/c1-34-21-8-4-7-20-23(21)31(13-17-12-28-15-29-24(17)35-2)25(33)32(20)18-9-10-30(14-18)22-16(11-27)5-3-6-19(22)26/h3-8,12,15,18H,9-10,13-14H2,1-2H3. The third-order valence-electron chi connectivity index (χ3n) is 6.38. The highest BCUT2D eigenvalue weighted by molar-refractivity contribution is 5.83. The maximum Gasteiger partial charge on any atom is 0.329 e. The summed E-state index contributed by atoms with van der Waals surface area (Å²) in [6, 6.07) is 11.8. The van der Waals surface area contributed by atoms with Crippen LogP contribution in [0.2, 0.25) is 0 Å². The van der Waals surface area contributed by atoms with Gasteiger partial charge in [0, 0.05) is 19.3 Å². The van der Waals surface area contributed by atoms with E-state index in [1.54, 1.807) is 34.6 Å². The number of nitrogens with zero attached hydrogens (tertiary/aromatic N) is 6. The number of methoxy groups -OCH3 is 2. The first-order valence-corrected chi connectivity index (χ1v) is 11.1. The summed E-state index contributed by atoms with van der Waals surface area (Å²) in [5.41, 5.74) is 2.34. The minimum Gasteiger partial charge on any atom is -0.494 e. The average Bonchev–Trinajstić information content (AvgIpc) is 3.46. The lowest BCUT2D eigenvalue weighted by Crippen LogP contribution is -2.30. The molecule has 0 saturated carbocycles. The summed E-state index contributed by atoms with van der Waals surface area (Å²) < 4.78 is 29.0. The average molecular weight is 474 g/mol. The van der Waals surface area contributed by atoms with E-state index < -0.39 is 5.82 Å². The molecule has 0 amide bonds. The van der Waals surface area contributed by atoms with Crippen LogP contribution in [0.25, 0.3) is 11.0 Å². The quantitative estimate of drug-likeness (QED) is 0.423. The number of aromatic nitrogens is 4. The lowest BCUT2D eigenvalue weighted by molar-refractivity contribution is 0.389. The fourth-order valence-corrected chi connectivity index (χ4v) is 4.86. The zero-order valence-electron chi connectivity index (χ0n) is 19.3. The lowest BCUT2D eigenvalue weighted by Gasteiger charge is -2.21. The first-order chi connectivity index (χ1) is 17.1. The number of rotatable bonds is 6. The minimum atomic E-state index is -0.447. The number of hydrogen-bond acceptors (Lipinski definition) is 7. The number of imidazole rings is 1. The summed E-state index contributed by atoms with van der Waals surface area (Å²) in [4.78, 5) is 23.9. The van der Waals surface area contributed by atoms with Crippen molar-refractivity contribution in [2.24, 2.45) is 0 Å². The molecule has 10 heteroatoms. The molecular weight excluding hydrogens is 451 g/mol. The molecular formula is C25H23FN6O3. The Morgan fingerprint density at radius 2 is 2.03 bits per heavy atom. The molecule has 4 aromatic rings. The Labute approximate surface area is 200 Å². The van der Waals surface area contributed by atoms with Crippen molar-refractivity contribution in [1.29, 1.82) is 5.26 Å². The first-order valence-electron chi connectivity index (χ1n) is 11.1. The van der Waals surface area contributed by atoms with E-state index in [0.29, 0.717) is 47.7 Å². The molecule has 0 N–H and O–H groups in total. The number of nitriles is 1. The number of para-hydroxylation sites is 2. The van der Waals surface area contributed by atoms with Crippen LogP contribution in [0.4, 0.5) is 10.1 Å². The Bertz CT molecular complexity index is 1510. The van der Waals surface area contributed by atoms with Crippen LogP contribution in [-0.4, -0.2) is 46.4 Å². The van der Waals surface area contributed by atoms with Crippen LogP contribution >= 0.6 is 0 Å². The van der Waals surface area contributed by atoms with Crippen molar-refractivity contribution >= 4 is 16.7 Å². The highest BCUT2D eigenvalue weighted by Gasteiger charge is 2.31. The zero-order valence-corrected chi connectivity index (χ0v) is 19.3. The number of benzene rings is 2. The molecule has 0 bridgehead atoms. The highest BCUT2D eigenvalue weighted by Crippen LogP contribution is 2.34. The van der Waals surface area contributed by atoms with Gasteiger partial charge in [0.2, 0.25) is 5.88 Å². The molecule has 2 aromatic heterocycles. The second-order valence-corrected chi connectivity index (χ2v) is 8.26. The predicted octanol–water partition coefficient (Wildman–Crippen LogP) is 3.12. The molecule has 0 radical (unpaired) electrons. The SMILES string of the molecule is COc1ncncc1Cn1c(=O)n(C2CCN(c3c(F)cccc3C#N)C2)c2cccc(OC)c21. The fraction of sp³-hybridized carbons (Fsp3) is 0.280. The van der Waals surface area contributed by atoms with Crippen LogP contribution in [0.5, 0.6) is 11.6 Å². The van der Waals surface area contributed by atoms with Gasteiger partial charge < -0.3 is 14.4 Å². The van der Waals surface area contributed by atoms with Crippen LogP contribution in [0.3, 0.4) is 0 Å². The largest absolute Gasteiger partial charge is 0.494 e. The molecule has 1 saturated heterocycles. The number of anilines is 1. The van der Waals surface area contributed by atoms with E-state index in [4.69, 9.17) is 9.47 Å². The molecule has 3 heterocycles. The van der Waals surface area contributed by atoms with Crippen LogP contribution in [0.1, 0.15) is 23.6 Å². The van der Waals surface area contributed by atoms with Crippen LogP contribution < -0.4 is 20.1 Å². The van der Waals surface area contributed by atoms with E-state index in [1.807, 2.05) is 17.0 Å². The van der Waals surface area contributed by atoms with E-state index in [-0.39, 0.29) is 29.5 Å². The van der Waals surface area contributed by atoms with Crippen molar-refractivity contribution in [1.82, 2.24) is 19.1 Å². The zero-order chi connectivity index (χ0) is 24.5. The third-order valence-corrected chi connectivity index (χ3v) is 6.38. The monoisotopic (exact) mass is 474 g/mol. The summed E-state index contributed by atoms with van der Waals surface area (Å²) in [6.45, 7) is 1.10. The van der Waals surface area contributed by atoms with E-state index >= 15 is 0 Å². The van der Waals surface area contributed by atoms with Gasteiger partial charge in [0.05, 0.1) is 49.1 Å². The van der Waals surface area contributed by atoms with Gasteiger partial charge in [-0.3, -0.25) is 9.13 Å². The van der Waals surface area contributed by atoms with Gasteiger partial charge in [-0.15, -0.1) is 0 Å². The summed E-state index contributed by atoms with van der Waals surface area (Å²) in [5, 5.41) is 9.48. The van der Waals surface area contributed by atoms with Crippen LogP contribution in [0, 0.1) is 17.1 Å². The molecule has 5 rings (SSSR count). The topological polar surface area (TPSA) is 98.2 Å². The Hall–Kier alpha value is -4.39. The van der Waals surface area contributed by atoms with Crippen molar-refractivity contribution < 1.29 is 13.9 Å². The second kappa shape index (κ2) is 9.10. The van der Waals surface area contributed by atoms with Crippen LogP contribution in [-0.2, 0) is 6.54 Å². The maximum absolute atomic E-state index is 14.7. The van der Waals surface area contributed by atoms with Gasteiger partial charge >= 0.3 is 5.69 Å². The van der Waals surface area contributed by atoms with Gasteiger partial charge in [-0.25, -0.2) is 19.2 Å². The first kappa shape index (κ1) is 22.4. The van der Waals surface area contributed by atoms with Crippen molar-refractivity contribution in [3.05, 3.63) is 76.4 Å². The van der Waals surface area contributed by atoms with Crippen molar-refractivity contribution in [2.75, 3.05) is 32.2 Å². The third kappa shape index (κ3) is 3.75. The van der Waals surface area contributed by atoms with E-state index in [9.17, 15) is 14.4 Å². The van der Waals surface area contributed by atoms with Gasteiger partial charge in [0.1, 0.15) is 29.5 Å². The highest BCUT2D eigenvalue weighted by atomic mass is 19.1. The molecule has 35 heavy (non-hydrogen) atoms. The van der Waals surface area contributed by atoms with E-state index in [2.05, 4.69) is 16.0 Å². The molecule has 2 aromatic carbocycles. The van der Waals surface area contributed by atoms with Gasteiger partial charge in [-0.1, -0.05) is 12.1 Å². The Balaban J connectivity index is 1.60. The number of fused-ring (bicyclic) bond motifs is 1. The summed E-state index contributed by atoms with van der Waals surface area (Å²) in [5.74, 6) is 0.500. The smallest absolute Gasteiger partial charge is 0.329 e. The van der Waals surface area contributed by atoms with Gasteiger partial charge in [-0.2, -0.15) is 5.26 Å². The van der Waals surface area contributed by atoms with Gasteiger partial charge in [0.25, 0.3) is 0 Å². The number of halogens is 1. The fourth-order valence-electron chi connectivity index (χ4n) is 4.86. The normalized spacial score (nSPS) is 15.4. The maximum atomic E-state index is 14.7. The summed E-state index contributed by atoms with van der Waals surface area (Å²) >= 11 is 0. The lowest BCUT2D eigenvalue weighted by atomic mass is 10.1. The molecule has 9 nitrogen and oxygen atoms in total. The molecule has 0 spiro atoms. The number of hydrogen-bond donors (Lipinski definition) is 0. The molecule has 1 aliphatic heterocycles. The minimum absolute atomic E-state index is 0.190. The molecule has 178 valence electrons. The second-order valence-electron chi connectivity index (χ2n) is 8.26. The molecule has 0 aliphatic carbocycles. The van der Waals surface area contributed by atoms with Gasteiger partial charge in [0.15, 0.2) is 0 Å². The van der Waals surface area contributed by atoms with Crippen molar-refractivity contribution in [3.63, 3.8) is 0 Å². The molecule has 1 unspecified atom stereocenters. The van der Waals surface area contributed by atoms with E-state index in [0.717, 1.165) is 0 Å². The summed E-state index contributed by atoms with van der Waals surface area (Å²) in [6.07, 6.45) is 3.63. The van der Waals surface area contributed by atoms with Gasteiger partial charge in [-0.05, 0) is 30.7 Å². The van der Waals surface area contributed by atoms with Crippen molar-refractivity contribution in [2.45, 2.75) is 19.0 Å². The Morgan fingerprint density at radius 1 is 1.20 bits per heavy atom. The van der Waals surface area contributed by atoms with Crippen LogP contribution in [0.15, 0.2) is 53.7 Å². The predicted molar refractivity (Wildman–Crippen MR) is 127 cm³/mol. The molecule has 1 aliphatic rings. The number of ether oxygens (including phenoxy) is 2. The Morgan fingerprint density at radius 3 is 2.80 bits per heavy atom. The van der Waals surface area contributed by atoms with E-state index in [1.165, 1.54) is 25.6 Å².